The summed E-state index contributed by atoms with van der Waals surface area (Å²) in [5.74, 6) is 1.13. The lowest BCUT2D eigenvalue weighted by Gasteiger charge is -2.27. The minimum atomic E-state index is 0.268. The normalized spacial score (nSPS) is 14.9. The molecule has 2 aromatic rings. The van der Waals surface area contributed by atoms with Gasteiger partial charge in [0, 0.05) is 25.1 Å². The molecule has 2 aromatic carbocycles. The van der Waals surface area contributed by atoms with Gasteiger partial charge in [0.15, 0.2) is 0 Å². The first kappa shape index (κ1) is 15.6. The van der Waals surface area contributed by atoms with Crippen LogP contribution in [0.1, 0.15) is 30.4 Å². The van der Waals surface area contributed by atoms with Crippen LogP contribution in [0, 0.1) is 6.92 Å². The molecule has 3 nitrogen and oxygen atoms in total. The van der Waals surface area contributed by atoms with Crippen molar-refractivity contribution in [3.63, 3.8) is 0 Å². The van der Waals surface area contributed by atoms with Crippen LogP contribution in [0.2, 0.25) is 0 Å². The van der Waals surface area contributed by atoms with Crippen LogP contribution in [-0.4, -0.2) is 24.5 Å². The summed E-state index contributed by atoms with van der Waals surface area (Å²) in [6, 6.07) is 14.6. The number of amides is 1. The SMILES string of the molecule is COc1ccc(CN2CCCCC2=O)cc1-c1cccc(C)c1. The molecule has 1 aliphatic heterocycles. The maximum absolute atomic E-state index is 12.0. The number of nitrogens with zero attached hydrogens (tertiary/aromatic N) is 1. The highest BCUT2D eigenvalue weighted by Crippen LogP contribution is 2.32. The number of methoxy groups -OCH3 is 1. The van der Waals surface area contributed by atoms with Crippen LogP contribution in [0.4, 0.5) is 0 Å². The number of hydrogen-bond donors (Lipinski definition) is 0. The summed E-state index contributed by atoms with van der Waals surface area (Å²) in [4.78, 5) is 14.0. The van der Waals surface area contributed by atoms with Gasteiger partial charge >= 0.3 is 0 Å². The quantitative estimate of drug-likeness (QED) is 0.848. The Kier molecular flexibility index (Phi) is 4.65. The molecule has 1 aliphatic rings. The van der Waals surface area contributed by atoms with Crippen molar-refractivity contribution in [1.29, 1.82) is 0 Å². The van der Waals surface area contributed by atoms with E-state index in [4.69, 9.17) is 4.74 Å². The maximum Gasteiger partial charge on any atom is 0.222 e. The molecule has 1 amide bonds. The summed E-state index contributed by atoms with van der Waals surface area (Å²) < 4.78 is 5.53. The van der Waals surface area contributed by atoms with Gasteiger partial charge in [0.2, 0.25) is 5.91 Å². The predicted molar refractivity (Wildman–Crippen MR) is 92.4 cm³/mol. The molecule has 3 rings (SSSR count). The van der Waals surface area contributed by atoms with E-state index < -0.39 is 0 Å². The lowest BCUT2D eigenvalue weighted by Crippen LogP contribution is -2.34. The Labute approximate surface area is 137 Å². The fraction of sp³-hybridized carbons (Fsp3) is 0.350. The molecule has 0 bridgehead atoms. The Balaban J connectivity index is 1.91. The smallest absolute Gasteiger partial charge is 0.222 e. The third-order valence-corrected chi connectivity index (χ3v) is 4.39. The van der Waals surface area contributed by atoms with Crippen LogP contribution in [0.25, 0.3) is 11.1 Å². The molecule has 0 aliphatic carbocycles. The monoisotopic (exact) mass is 309 g/mol. The van der Waals surface area contributed by atoms with Crippen molar-refractivity contribution in [3.05, 3.63) is 53.6 Å². The average molecular weight is 309 g/mol. The molecule has 3 heteroatoms. The van der Waals surface area contributed by atoms with Crippen LogP contribution in [0.3, 0.4) is 0 Å². The number of aryl methyl sites for hydroxylation is 1. The summed E-state index contributed by atoms with van der Waals surface area (Å²) in [7, 11) is 1.70. The molecule has 0 saturated carbocycles. The Bertz CT molecular complexity index is 709. The van der Waals surface area contributed by atoms with Crippen molar-refractivity contribution in [2.75, 3.05) is 13.7 Å². The summed E-state index contributed by atoms with van der Waals surface area (Å²) in [5, 5.41) is 0. The molecule has 0 radical (unpaired) electrons. The highest BCUT2D eigenvalue weighted by atomic mass is 16.5. The molecule has 0 N–H and O–H groups in total. The first-order valence-corrected chi connectivity index (χ1v) is 8.19. The number of rotatable bonds is 4. The van der Waals surface area contributed by atoms with Crippen LogP contribution in [0.15, 0.2) is 42.5 Å². The Morgan fingerprint density at radius 3 is 2.74 bits per heavy atom. The highest BCUT2D eigenvalue weighted by Gasteiger charge is 2.18. The molecule has 23 heavy (non-hydrogen) atoms. The van der Waals surface area contributed by atoms with Crippen molar-refractivity contribution in [2.45, 2.75) is 32.7 Å². The fourth-order valence-corrected chi connectivity index (χ4v) is 3.14. The fourth-order valence-electron chi connectivity index (χ4n) is 3.14. The van der Waals surface area contributed by atoms with Crippen LogP contribution in [-0.2, 0) is 11.3 Å². The van der Waals surface area contributed by atoms with Crippen molar-refractivity contribution in [1.82, 2.24) is 4.90 Å². The minimum Gasteiger partial charge on any atom is -0.496 e. The lowest BCUT2D eigenvalue weighted by molar-refractivity contribution is -0.133. The van der Waals surface area contributed by atoms with E-state index in [0.717, 1.165) is 41.8 Å². The molecule has 0 unspecified atom stereocenters. The van der Waals surface area contributed by atoms with Gasteiger partial charge in [0.05, 0.1) is 7.11 Å². The number of carbonyl (C=O) groups is 1. The van der Waals surface area contributed by atoms with Gasteiger partial charge < -0.3 is 9.64 Å². The minimum absolute atomic E-state index is 0.268. The molecule has 1 fully saturated rings. The van der Waals surface area contributed by atoms with E-state index in [1.165, 1.54) is 5.56 Å². The van der Waals surface area contributed by atoms with E-state index in [2.05, 4.69) is 43.3 Å². The van der Waals surface area contributed by atoms with Gasteiger partial charge in [-0.25, -0.2) is 0 Å². The topological polar surface area (TPSA) is 29.5 Å². The molecule has 1 heterocycles. The summed E-state index contributed by atoms with van der Waals surface area (Å²) in [6.07, 6.45) is 2.81. The molecule has 120 valence electrons. The number of benzene rings is 2. The first-order valence-electron chi connectivity index (χ1n) is 8.19. The van der Waals surface area contributed by atoms with Gasteiger partial charge in [-0.05, 0) is 43.0 Å². The predicted octanol–water partition coefficient (Wildman–Crippen LogP) is 4.18. The number of likely N-dealkylation sites (tertiary alicyclic amines) is 1. The zero-order valence-corrected chi connectivity index (χ0v) is 13.8. The van der Waals surface area contributed by atoms with Crippen LogP contribution in [0.5, 0.6) is 5.75 Å². The second-order valence-electron chi connectivity index (χ2n) is 6.18. The van der Waals surface area contributed by atoms with Gasteiger partial charge in [0.25, 0.3) is 0 Å². The average Bonchev–Trinajstić information content (AvgIpc) is 2.57. The summed E-state index contributed by atoms with van der Waals surface area (Å²) in [6.45, 7) is 3.64. The van der Waals surface area contributed by atoms with Crippen molar-refractivity contribution < 1.29 is 9.53 Å². The molecule has 0 atom stereocenters. The van der Waals surface area contributed by atoms with E-state index in [0.29, 0.717) is 13.0 Å². The Hall–Kier alpha value is -2.29. The van der Waals surface area contributed by atoms with E-state index in [9.17, 15) is 4.79 Å². The Morgan fingerprint density at radius 2 is 2.00 bits per heavy atom. The summed E-state index contributed by atoms with van der Waals surface area (Å²) >= 11 is 0. The number of hydrogen-bond acceptors (Lipinski definition) is 2. The van der Waals surface area contributed by atoms with E-state index in [1.807, 2.05) is 11.0 Å². The lowest BCUT2D eigenvalue weighted by atomic mass is 9.99. The van der Waals surface area contributed by atoms with Gasteiger partial charge in [-0.15, -0.1) is 0 Å². The van der Waals surface area contributed by atoms with Crippen molar-refractivity contribution in [2.24, 2.45) is 0 Å². The van der Waals surface area contributed by atoms with Crippen LogP contribution < -0.4 is 4.74 Å². The molecule has 0 aromatic heterocycles. The third kappa shape index (κ3) is 3.55. The zero-order chi connectivity index (χ0) is 16.2. The molecule has 0 spiro atoms. The molecule has 1 saturated heterocycles. The highest BCUT2D eigenvalue weighted by molar-refractivity contribution is 5.77. The van der Waals surface area contributed by atoms with Gasteiger partial charge in [-0.1, -0.05) is 35.9 Å². The van der Waals surface area contributed by atoms with Crippen molar-refractivity contribution in [3.8, 4) is 16.9 Å². The number of ether oxygens (including phenoxy) is 1. The van der Waals surface area contributed by atoms with Gasteiger partial charge in [-0.3, -0.25) is 4.79 Å². The van der Waals surface area contributed by atoms with Crippen LogP contribution >= 0.6 is 0 Å². The van der Waals surface area contributed by atoms with Gasteiger partial charge in [-0.2, -0.15) is 0 Å². The number of carbonyl (C=O) groups excluding carboxylic acids is 1. The van der Waals surface area contributed by atoms with E-state index in [-0.39, 0.29) is 5.91 Å². The second kappa shape index (κ2) is 6.86. The molecular formula is C20H23NO2. The maximum atomic E-state index is 12.0. The van der Waals surface area contributed by atoms with E-state index in [1.54, 1.807) is 7.11 Å². The largest absolute Gasteiger partial charge is 0.496 e. The first-order chi connectivity index (χ1) is 11.2. The van der Waals surface area contributed by atoms with Gasteiger partial charge in [0.1, 0.15) is 5.75 Å². The molecular weight excluding hydrogens is 286 g/mol. The zero-order valence-electron chi connectivity index (χ0n) is 13.8. The third-order valence-electron chi connectivity index (χ3n) is 4.39. The number of piperidine rings is 1. The summed E-state index contributed by atoms with van der Waals surface area (Å²) in [5.41, 5.74) is 4.60. The van der Waals surface area contributed by atoms with Crippen molar-refractivity contribution >= 4 is 5.91 Å². The standard InChI is InChI=1S/C20H23NO2/c1-15-6-5-7-17(12-15)18-13-16(9-10-19(18)23-2)14-21-11-4-3-8-20(21)22/h5-7,9-10,12-13H,3-4,8,11,14H2,1-2H3. The second-order valence-corrected chi connectivity index (χ2v) is 6.18. The van der Waals surface area contributed by atoms with E-state index >= 15 is 0 Å². The Morgan fingerprint density at radius 1 is 1.13 bits per heavy atom.